The number of hydrogen-bond acceptors (Lipinski definition) is 8. The first-order valence-electron chi connectivity index (χ1n) is 14.4. The molecule has 0 amide bonds. The lowest BCUT2D eigenvalue weighted by Gasteiger charge is -2.34. The third-order valence-electron chi connectivity index (χ3n) is 7.96. The van der Waals surface area contributed by atoms with Crippen molar-refractivity contribution in [3.8, 4) is 23.1 Å². The number of ketones is 1. The normalized spacial score (nSPS) is 14.4. The molecule has 228 valence electrons. The van der Waals surface area contributed by atoms with E-state index in [4.69, 9.17) is 20.9 Å². The first kappa shape index (κ1) is 29.1. The summed E-state index contributed by atoms with van der Waals surface area (Å²) in [5.74, 6) is -1.92. The second-order valence-electron chi connectivity index (χ2n) is 11.3. The number of para-hydroxylation sites is 1. The van der Waals surface area contributed by atoms with Crippen molar-refractivity contribution in [2.24, 2.45) is 0 Å². The van der Waals surface area contributed by atoms with E-state index in [0.29, 0.717) is 39.9 Å². The Morgan fingerprint density at radius 3 is 2.48 bits per heavy atom. The molecule has 0 bridgehead atoms. The number of nitrogen functional groups attached to an aromatic ring is 2. The standard InChI is InChI=1S/C32H33F2N7O3/c1-17(2)40-9-7-20(8-10-40)43-28-13-19-12-26(39-25(19)14-24(28)35)30(42)21-15-38-41(32(21)36)27-16-37-29(11-18(27)3)44-31-22(33)5-4-6-23(31)34/h4-6,11-17,20,39H,7-10,35-36H2,1-3H3. The predicted octanol–water partition coefficient (Wildman–Crippen LogP) is 5.77. The number of H-pyrrole nitrogens is 1. The lowest BCUT2D eigenvalue weighted by Crippen LogP contribution is -2.41. The number of nitrogens with zero attached hydrogens (tertiary/aromatic N) is 4. The molecule has 6 rings (SSSR count). The average Bonchev–Trinajstić information content (AvgIpc) is 3.58. The van der Waals surface area contributed by atoms with E-state index in [9.17, 15) is 13.6 Å². The smallest absolute Gasteiger partial charge is 0.219 e. The number of nitrogens with one attached hydrogen (secondary N) is 1. The number of halogens is 2. The number of carbonyl (C=O) groups is 1. The Kier molecular flexibility index (Phi) is 7.68. The van der Waals surface area contributed by atoms with Gasteiger partial charge in [-0.15, -0.1) is 0 Å². The largest absolute Gasteiger partial charge is 0.488 e. The number of pyridine rings is 1. The zero-order valence-electron chi connectivity index (χ0n) is 24.6. The van der Waals surface area contributed by atoms with Gasteiger partial charge < -0.3 is 30.8 Å². The molecule has 5 N–H and O–H groups in total. The molecule has 10 nitrogen and oxygen atoms in total. The van der Waals surface area contributed by atoms with E-state index in [2.05, 4.69) is 33.8 Å². The number of ether oxygens (including phenoxy) is 2. The van der Waals surface area contributed by atoms with Gasteiger partial charge in [0.2, 0.25) is 17.4 Å². The Labute approximate surface area is 252 Å². The molecule has 1 saturated heterocycles. The second kappa shape index (κ2) is 11.6. The Bertz CT molecular complexity index is 1840. The highest BCUT2D eigenvalue weighted by atomic mass is 19.1. The van der Waals surface area contributed by atoms with Gasteiger partial charge in [0, 0.05) is 36.1 Å². The molecule has 0 radical (unpaired) electrons. The highest BCUT2D eigenvalue weighted by Crippen LogP contribution is 2.33. The van der Waals surface area contributed by atoms with Crippen LogP contribution in [0.1, 0.15) is 48.3 Å². The van der Waals surface area contributed by atoms with Gasteiger partial charge in [-0.05, 0) is 69.5 Å². The highest BCUT2D eigenvalue weighted by molar-refractivity contribution is 6.12. The zero-order valence-corrected chi connectivity index (χ0v) is 24.6. The first-order valence-corrected chi connectivity index (χ1v) is 14.4. The number of likely N-dealkylation sites (tertiary alicyclic amines) is 1. The van der Waals surface area contributed by atoms with Crippen LogP contribution in [0.2, 0.25) is 0 Å². The molecule has 4 heterocycles. The number of fused-ring (bicyclic) bond motifs is 1. The summed E-state index contributed by atoms with van der Waals surface area (Å²) in [6, 6.07) is 10.8. The molecule has 0 atom stereocenters. The number of nitrogens with two attached hydrogens (primary N) is 2. The fourth-order valence-electron chi connectivity index (χ4n) is 5.45. The van der Waals surface area contributed by atoms with E-state index in [1.165, 1.54) is 29.2 Å². The number of aromatic amines is 1. The Morgan fingerprint density at radius 1 is 1.07 bits per heavy atom. The number of carbonyl (C=O) groups excluding carboxylic acids is 1. The summed E-state index contributed by atoms with van der Waals surface area (Å²) < 4.78 is 41.0. The molecule has 1 aliphatic heterocycles. The van der Waals surface area contributed by atoms with Crippen molar-refractivity contribution in [1.29, 1.82) is 0 Å². The van der Waals surface area contributed by atoms with Crippen LogP contribution in [0.4, 0.5) is 20.3 Å². The topological polar surface area (TPSA) is 137 Å². The van der Waals surface area contributed by atoms with Gasteiger partial charge in [-0.2, -0.15) is 5.10 Å². The minimum Gasteiger partial charge on any atom is -0.488 e. The van der Waals surface area contributed by atoms with Gasteiger partial charge in [0.05, 0.1) is 35.0 Å². The van der Waals surface area contributed by atoms with Gasteiger partial charge in [-0.25, -0.2) is 18.4 Å². The van der Waals surface area contributed by atoms with Gasteiger partial charge >= 0.3 is 0 Å². The van der Waals surface area contributed by atoms with Gasteiger partial charge in [-0.3, -0.25) is 4.79 Å². The molecule has 5 aromatic rings. The summed E-state index contributed by atoms with van der Waals surface area (Å²) in [5, 5.41) is 5.09. The second-order valence-corrected chi connectivity index (χ2v) is 11.3. The van der Waals surface area contributed by atoms with Gasteiger partial charge in [0.25, 0.3) is 0 Å². The number of aryl methyl sites for hydroxylation is 1. The van der Waals surface area contributed by atoms with Gasteiger partial charge in [0.1, 0.15) is 17.7 Å². The predicted molar refractivity (Wildman–Crippen MR) is 163 cm³/mol. The number of anilines is 2. The molecule has 0 aliphatic carbocycles. The summed E-state index contributed by atoms with van der Waals surface area (Å²) in [6.45, 7) is 8.08. The third kappa shape index (κ3) is 5.55. The maximum Gasteiger partial charge on any atom is 0.219 e. The summed E-state index contributed by atoms with van der Waals surface area (Å²) >= 11 is 0. The SMILES string of the molecule is Cc1cc(Oc2c(F)cccc2F)ncc1-n1ncc(C(=O)c2cc3cc(OC4CCN(C(C)C)CC4)c(N)cc3[nH]2)c1N. The van der Waals surface area contributed by atoms with E-state index in [1.54, 1.807) is 19.1 Å². The summed E-state index contributed by atoms with van der Waals surface area (Å²) in [4.78, 5) is 23.2. The maximum atomic E-state index is 14.0. The van der Waals surface area contributed by atoms with Crippen molar-refractivity contribution in [2.75, 3.05) is 24.6 Å². The number of benzene rings is 2. The van der Waals surface area contributed by atoms with Crippen molar-refractivity contribution >= 4 is 28.2 Å². The lowest BCUT2D eigenvalue weighted by molar-refractivity contribution is 0.0849. The van der Waals surface area contributed by atoms with E-state index >= 15 is 0 Å². The third-order valence-corrected chi connectivity index (χ3v) is 7.96. The van der Waals surface area contributed by atoms with Crippen LogP contribution in [0.3, 0.4) is 0 Å². The maximum absolute atomic E-state index is 14.0. The molecular formula is C32H33F2N7O3. The first-order chi connectivity index (χ1) is 21.1. The van der Waals surface area contributed by atoms with Crippen LogP contribution < -0.4 is 20.9 Å². The zero-order chi connectivity index (χ0) is 31.1. The van der Waals surface area contributed by atoms with Crippen LogP contribution in [-0.2, 0) is 0 Å². The fraction of sp³-hybridized carbons (Fsp3) is 0.281. The van der Waals surface area contributed by atoms with Crippen LogP contribution in [-0.4, -0.2) is 55.7 Å². The molecule has 0 unspecified atom stereocenters. The van der Waals surface area contributed by atoms with Crippen LogP contribution in [0.5, 0.6) is 17.4 Å². The van der Waals surface area contributed by atoms with E-state index < -0.39 is 17.4 Å². The Hall–Kier alpha value is -4.97. The van der Waals surface area contributed by atoms with E-state index in [1.807, 2.05) is 6.07 Å². The van der Waals surface area contributed by atoms with Crippen molar-refractivity contribution in [2.45, 2.75) is 45.8 Å². The molecular weight excluding hydrogens is 568 g/mol. The van der Waals surface area contributed by atoms with Crippen molar-refractivity contribution in [3.63, 3.8) is 0 Å². The summed E-state index contributed by atoms with van der Waals surface area (Å²) in [7, 11) is 0. The molecule has 2 aromatic carbocycles. The summed E-state index contributed by atoms with van der Waals surface area (Å²) in [5.41, 5.74) is 15.5. The quantitative estimate of drug-likeness (QED) is 0.151. The van der Waals surface area contributed by atoms with Crippen molar-refractivity contribution in [3.05, 3.63) is 83.3 Å². The van der Waals surface area contributed by atoms with Crippen molar-refractivity contribution < 1.29 is 23.0 Å². The molecule has 12 heteroatoms. The minimum absolute atomic E-state index is 0.0148. The number of aromatic nitrogens is 4. The summed E-state index contributed by atoms with van der Waals surface area (Å²) in [6.07, 6.45) is 4.71. The molecule has 0 saturated carbocycles. The minimum atomic E-state index is -0.848. The van der Waals surface area contributed by atoms with E-state index in [-0.39, 0.29) is 29.1 Å². The number of piperidine rings is 1. The molecule has 44 heavy (non-hydrogen) atoms. The van der Waals surface area contributed by atoms with Gasteiger partial charge in [0.15, 0.2) is 11.6 Å². The van der Waals surface area contributed by atoms with Crippen LogP contribution in [0.15, 0.2) is 54.9 Å². The monoisotopic (exact) mass is 601 g/mol. The Balaban J connectivity index is 1.20. The van der Waals surface area contributed by atoms with Gasteiger partial charge in [-0.1, -0.05) is 6.07 Å². The molecule has 3 aromatic heterocycles. The average molecular weight is 602 g/mol. The number of hydrogen-bond donors (Lipinski definition) is 3. The fourth-order valence-corrected chi connectivity index (χ4v) is 5.45. The van der Waals surface area contributed by atoms with Crippen LogP contribution >= 0.6 is 0 Å². The van der Waals surface area contributed by atoms with E-state index in [0.717, 1.165) is 43.5 Å². The molecule has 0 spiro atoms. The number of rotatable bonds is 8. The van der Waals surface area contributed by atoms with Crippen molar-refractivity contribution in [1.82, 2.24) is 24.6 Å². The van der Waals surface area contributed by atoms with Crippen LogP contribution in [0.25, 0.3) is 16.6 Å². The molecule has 1 fully saturated rings. The lowest BCUT2D eigenvalue weighted by atomic mass is 10.1. The van der Waals surface area contributed by atoms with Crippen LogP contribution in [0, 0.1) is 18.6 Å². The Morgan fingerprint density at radius 2 is 1.80 bits per heavy atom. The molecule has 1 aliphatic rings. The highest BCUT2D eigenvalue weighted by Gasteiger charge is 2.24.